The molecule has 1 unspecified atom stereocenters. The summed E-state index contributed by atoms with van der Waals surface area (Å²) in [4.78, 5) is 2.52. The summed E-state index contributed by atoms with van der Waals surface area (Å²) < 4.78 is 0. The summed E-state index contributed by atoms with van der Waals surface area (Å²) in [5.74, 6) is 0. The minimum Gasteiger partial charge on any atom is -0.313 e. The minimum atomic E-state index is 0.818. The van der Waals surface area contributed by atoms with Crippen molar-refractivity contribution in [2.45, 2.75) is 45.6 Å². The van der Waals surface area contributed by atoms with Gasteiger partial charge in [0.1, 0.15) is 0 Å². The monoisotopic (exact) mass is 210 g/mol. The molecular formula is C13H26N2. The third-order valence-electron chi connectivity index (χ3n) is 3.23. The Hall–Kier alpha value is -0.340. The van der Waals surface area contributed by atoms with Crippen LogP contribution in [0, 0.1) is 0 Å². The van der Waals surface area contributed by atoms with Gasteiger partial charge < -0.3 is 10.2 Å². The highest BCUT2D eigenvalue weighted by atomic mass is 15.1. The summed E-state index contributed by atoms with van der Waals surface area (Å²) in [5, 5.41) is 3.48. The third kappa shape index (κ3) is 5.33. The van der Waals surface area contributed by atoms with E-state index in [1.54, 1.807) is 0 Å². The molecule has 15 heavy (non-hydrogen) atoms. The average molecular weight is 210 g/mol. The zero-order valence-corrected chi connectivity index (χ0v) is 10.6. The summed E-state index contributed by atoms with van der Waals surface area (Å²) in [6, 6.07) is 0.818. The van der Waals surface area contributed by atoms with Crippen LogP contribution in [0.2, 0.25) is 0 Å². The van der Waals surface area contributed by atoms with Crippen LogP contribution in [0.5, 0.6) is 0 Å². The minimum absolute atomic E-state index is 0.818. The Bertz CT molecular complexity index is 195. The maximum absolute atomic E-state index is 3.48. The lowest BCUT2D eigenvalue weighted by molar-refractivity contribution is 0.176. The lowest BCUT2D eigenvalue weighted by Gasteiger charge is -2.32. The van der Waals surface area contributed by atoms with Crippen LogP contribution in [0.4, 0.5) is 0 Å². The van der Waals surface area contributed by atoms with Gasteiger partial charge in [0.25, 0.3) is 0 Å². The van der Waals surface area contributed by atoms with Crippen LogP contribution in [0.3, 0.4) is 0 Å². The smallest absolute Gasteiger partial charge is 0.0137 e. The van der Waals surface area contributed by atoms with E-state index in [9.17, 15) is 0 Å². The molecule has 0 aromatic carbocycles. The number of rotatable bonds is 5. The van der Waals surface area contributed by atoms with Gasteiger partial charge in [-0.15, -0.1) is 0 Å². The highest BCUT2D eigenvalue weighted by molar-refractivity contribution is 4.94. The molecule has 0 saturated carbocycles. The second-order valence-corrected chi connectivity index (χ2v) is 4.90. The fraction of sp³-hybridized carbons (Fsp3) is 0.846. The maximum Gasteiger partial charge on any atom is 0.0137 e. The van der Waals surface area contributed by atoms with E-state index in [0.29, 0.717) is 0 Å². The molecule has 0 spiro atoms. The summed E-state index contributed by atoms with van der Waals surface area (Å²) in [7, 11) is 2.26. The van der Waals surface area contributed by atoms with Crippen LogP contribution in [0.25, 0.3) is 0 Å². The fourth-order valence-corrected chi connectivity index (χ4v) is 2.16. The Morgan fingerprint density at radius 3 is 2.87 bits per heavy atom. The van der Waals surface area contributed by atoms with E-state index in [1.807, 2.05) is 0 Å². The average Bonchev–Trinajstić information content (AvgIpc) is 2.20. The highest BCUT2D eigenvalue weighted by Crippen LogP contribution is 2.16. The van der Waals surface area contributed by atoms with Crippen molar-refractivity contribution in [1.29, 1.82) is 0 Å². The summed E-state index contributed by atoms with van der Waals surface area (Å²) >= 11 is 0. The normalized spacial score (nSPS) is 22.7. The van der Waals surface area contributed by atoms with Crippen LogP contribution < -0.4 is 5.32 Å². The first-order valence-electron chi connectivity index (χ1n) is 6.24. The molecular weight excluding hydrogens is 184 g/mol. The summed E-state index contributed by atoms with van der Waals surface area (Å²) in [6.07, 6.45) is 7.75. The lowest BCUT2D eigenvalue weighted by Crippen LogP contribution is -2.38. The Morgan fingerprint density at radius 2 is 2.20 bits per heavy atom. The van der Waals surface area contributed by atoms with Crippen LogP contribution in [-0.2, 0) is 0 Å². The van der Waals surface area contributed by atoms with Gasteiger partial charge in [-0.05, 0) is 53.2 Å². The number of allylic oxidation sites excluding steroid dienone is 1. The predicted molar refractivity (Wildman–Crippen MR) is 67.2 cm³/mol. The van der Waals surface area contributed by atoms with Crippen molar-refractivity contribution in [1.82, 2.24) is 10.2 Å². The van der Waals surface area contributed by atoms with E-state index < -0.39 is 0 Å². The standard InChI is InChI=1S/C13H26N2/c1-12(2)7-9-14-10-8-13-6-4-5-11-15(13)3/h7,13-14H,4-6,8-11H2,1-3H3. The quantitative estimate of drug-likeness (QED) is 0.554. The molecule has 1 N–H and O–H groups in total. The van der Waals surface area contributed by atoms with Crippen LogP contribution in [0.15, 0.2) is 11.6 Å². The van der Waals surface area contributed by atoms with Gasteiger partial charge in [0.15, 0.2) is 0 Å². The van der Waals surface area contributed by atoms with E-state index in [2.05, 4.69) is 37.2 Å². The van der Waals surface area contributed by atoms with E-state index in [4.69, 9.17) is 0 Å². The first-order chi connectivity index (χ1) is 7.20. The molecule has 1 heterocycles. The largest absolute Gasteiger partial charge is 0.313 e. The molecule has 0 aromatic heterocycles. The van der Waals surface area contributed by atoms with Crippen molar-refractivity contribution in [2.75, 3.05) is 26.7 Å². The molecule has 1 fully saturated rings. The number of likely N-dealkylation sites (tertiary alicyclic amines) is 1. The fourth-order valence-electron chi connectivity index (χ4n) is 2.16. The molecule has 2 heteroatoms. The predicted octanol–water partition coefficient (Wildman–Crippen LogP) is 2.42. The van der Waals surface area contributed by atoms with Gasteiger partial charge in [-0.3, -0.25) is 0 Å². The van der Waals surface area contributed by atoms with Gasteiger partial charge in [-0.2, -0.15) is 0 Å². The molecule has 1 atom stereocenters. The van der Waals surface area contributed by atoms with Crippen LogP contribution >= 0.6 is 0 Å². The highest BCUT2D eigenvalue weighted by Gasteiger charge is 2.17. The van der Waals surface area contributed by atoms with Crippen molar-refractivity contribution >= 4 is 0 Å². The van der Waals surface area contributed by atoms with E-state index in [1.165, 1.54) is 37.8 Å². The molecule has 0 aromatic rings. The van der Waals surface area contributed by atoms with E-state index >= 15 is 0 Å². The summed E-state index contributed by atoms with van der Waals surface area (Å²) in [6.45, 7) is 7.77. The molecule has 1 aliphatic rings. The second kappa shape index (κ2) is 7.02. The van der Waals surface area contributed by atoms with Gasteiger partial charge in [0, 0.05) is 12.6 Å². The first-order valence-corrected chi connectivity index (χ1v) is 6.24. The van der Waals surface area contributed by atoms with Crippen molar-refractivity contribution < 1.29 is 0 Å². The number of nitrogens with zero attached hydrogens (tertiary/aromatic N) is 1. The van der Waals surface area contributed by atoms with Crippen LogP contribution in [0.1, 0.15) is 39.5 Å². The van der Waals surface area contributed by atoms with Gasteiger partial charge in [0.05, 0.1) is 0 Å². The van der Waals surface area contributed by atoms with Crippen LogP contribution in [-0.4, -0.2) is 37.6 Å². The maximum atomic E-state index is 3.48. The van der Waals surface area contributed by atoms with Gasteiger partial charge in [0.2, 0.25) is 0 Å². The first kappa shape index (κ1) is 12.7. The van der Waals surface area contributed by atoms with Crippen molar-refractivity contribution in [3.8, 4) is 0 Å². The molecule has 0 bridgehead atoms. The molecule has 1 rings (SSSR count). The zero-order valence-electron chi connectivity index (χ0n) is 10.6. The number of hydrogen-bond donors (Lipinski definition) is 1. The van der Waals surface area contributed by atoms with E-state index in [-0.39, 0.29) is 0 Å². The molecule has 1 aliphatic heterocycles. The Morgan fingerprint density at radius 1 is 1.40 bits per heavy atom. The molecule has 2 nitrogen and oxygen atoms in total. The molecule has 0 radical (unpaired) electrons. The molecule has 0 amide bonds. The SMILES string of the molecule is CC(C)=CCNCCC1CCCCN1C. The molecule has 0 aliphatic carbocycles. The van der Waals surface area contributed by atoms with Gasteiger partial charge >= 0.3 is 0 Å². The van der Waals surface area contributed by atoms with Gasteiger partial charge in [-0.25, -0.2) is 0 Å². The molecule has 1 saturated heterocycles. The lowest BCUT2D eigenvalue weighted by atomic mass is 10.0. The topological polar surface area (TPSA) is 15.3 Å². The van der Waals surface area contributed by atoms with Crippen molar-refractivity contribution in [3.05, 3.63) is 11.6 Å². The summed E-state index contributed by atoms with van der Waals surface area (Å²) in [5.41, 5.74) is 1.40. The second-order valence-electron chi connectivity index (χ2n) is 4.90. The van der Waals surface area contributed by atoms with Crippen molar-refractivity contribution in [2.24, 2.45) is 0 Å². The number of nitrogens with one attached hydrogen (secondary N) is 1. The third-order valence-corrected chi connectivity index (χ3v) is 3.23. The molecule has 88 valence electrons. The Labute approximate surface area is 94.7 Å². The Balaban J connectivity index is 2.06. The zero-order chi connectivity index (χ0) is 11.1. The van der Waals surface area contributed by atoms with E-state index in [0.717, 1.165) is 19.1 Å². The van der Waals surface area contributed by atoms with Crippen molar-refractivity contribution in [3.63, 3.8) is 0 Å². The van der Waals surface area contributed by atoms with Gasteiger partial charge in [-0.1, -0.05) is 18.1 Å². The number of hydrogen-bond acceptors (Lipinski definition) is 2. The number of piperidine rings is 1. The Kier molecular flexibility index (Phi) is 5.96.